The zero-order chi connectivity index (χ0) is 20.8. The van der Waals surface area contributed by atoms with E-state index in [1.165, 1.54) is 12.1 Å². The molecule has 1 unspecified atom stereocenters. The van der Waals surface area contributed by atoms with Crippen molar-refractivity contribution in [3.8, 4) is 0 Å². The lowest BCUT2D eigenvalue weighted by Crippen LogP contribution is -2.32. The van der Waals surface area contributed by atoms with Crippen molar-refractivity contribution in [2.75, 3.05) is 5.01 Å². The van der Waals surface area contributed by atoms with Crippen LogP contribution in [0, 0.1) is 20.9 Å². The molecule has 0 aliphatic heterocycles. The summed E-state index contributed by atoms with van der Waals surface area (Å²) in [5, 5.41) is 17.8. The molecule has 0 heterocycles. The van der Waals surface area contributed by atoms with Crippen molar-refractivity contribution in [3.63, 3.8) is 0 Å². The number of benzene rings is 2. The highest BCUT2D eigenvalue weighted by atomic mass is 16.6. The third kappa shape index (κ3) is 2.72. The number of nitrogens with zero attached hydrogens (tertiary/aromatic N) is 3. The smallest absolute Gasteiger partial charge is 0.269 e. The van der Waals surface area contributed by atoms with Crippen LogP contribution >= 0.6 is 0 Å². The summed E-state index contributed by atoms with van der Waals surface area (Å²) in [6.07, 6.45) is 12.1. The van der Waals surface area contributed by atoms with Crippen LogP contribution in [0.4, 0.5) is 11.4 Å². The van der Waals surface area contributed by atoms with Crippen LogP contribution in [0.2, 0.25) is 0 Å². The van der Waals surface area contributed by atoms with Crippen molar-refractivity contribution >= 4 is 22.9 Å². The minimum Gasteiger partial charge on any atom is -0.294 e. The Kier molecular flexibility index (Phi) is 4.03. The Bertz CT molecular complexity index is 1150. The predicted molar refractivity (Wildman–Crippen MR) is 115 cm³/mol. The number of anilines is 1. The summed E-state index contributed by atoms with van der Waals surface area (Å²) < 4.78 is 0. The van der Waals surface area contributed by atoms with Crippen molar-refractivity contribution in [1.82, 2.24) is 0 Å². The molecule has 2 aromatic rings. The third-order valence-electron chi connectivity index (χ3n) is 6.15. The number of hydrogen-bond donors (Lipinski definition) is 0. The number of carbonyl (C=O) groups excluding carboxylic acids is 1. The quantitative estimate of drug-likeness (QED) is 0.546. The molecule has 3 aliphatic carbocycles. The second-order valence-corrected chi connectivity index (χ2v) is 7.84. The van der Waals surface area contributed by atoms with Crippen LogP contribution in [0.5, 0.6) is 0 Å². The topological polar surface area (TPSA) is 75.8 Å². The lowest BCUT2D eigenvalue weighted by Gasteiger charge is -2.28. The molecule has 6 heteroatoms. The molecule has 30 heavy (non-hydrogen) atoms. The van der Waals surface area contributed by atoms with Crippen molar-refractivity contribution in [2.24, 2.45) is 15.9 Å². The number of ketones is 1. The average molecular weight is 397 g/mol. The molecule has 1 saturated carbocycles. The first kappa shape index (κ1) is 18.2. The molecular weight excluding hydrogens is 378 g/mol. The van der Waals surface area contributed by atoms with E-state index in [1.54, 1.807) is 24.3 Å². The lowest BCUT2D eigenvalue weighted by atomic mass is 9.78. The standard InChI is InChI=1S/C24H19N3O3/c28-22-13-12-21(23-14-4-5-15-24(22,23)17-23)25-26(16-18-6-2-1-3-7-18)19-8-10-20(11-9-19)27(29)30/h1-15H,16-17H2/b25-21+/t23-,24?/m0/s1. The number of hydrogen-bond acceptors (Lipinski definition) is 5. The van der Waals surface area contributed by atoms with Crippen LogP contribution in [0.1, 0.15) is 12.0 Å². The summed E-state index contributed by atoms with van der Waals surface area (Å²) in [6, 6.07) is 16.3. The Morgan fingerprint density at radius 2 is 1.67 bits per heavy atom. The first-order valence-electron chi connectivity index (χ1n) is 9.79. The maximum Gasteiger partial charge on any atom is 0.269 e. The molecular formula is C24H19N3O3. The Morgan fingerprint density at radius 3 is 2.37 bits per heavy atom. The molecule has 0 bridgehead atoms. The maximum absolute atomic E-state index is 12.6. The van der Waals surface area contributed by atoms with Crippen LogP contribution < -0.4 is 5.01 Å². The molecule has 0 radical (unpaired) electrons. The normalized spacial score (nSPS) is 26.9. The van der Waals surface area contributed by atoms with E-state index in [0.717, 1.165) is 23.4 Å². The second-order valence-electron chi connectivity index (χ2n) is 7.84. The Balaban J connectivity index is 1.56. The van der Waals surface area contributed by atoms with E-state index in [1.807, 2.05) is 53.6 Å². The fraction of sp³-hybridized carbons (Fsp3) is 0.167. The zero-order valence-corrected chi connectivity index (χ0v) is 16.1. The van der Waals surface area contributed by atoms with E-state index < -0.39 is 15.8 Å². The molecule has 1 fully saturated rings. The number of hydrazone groups is 1. The minimum absolute atomic E-state index is 0.0365. The van der Waals surface area contributed by atoms with Gasteiger partial charge in [-0.15, -0.1) is 0 Å². The van der Waals surface area contributed by atoms with Gasteiger partial charge in [0.25, 0.3) is 5.69 Å². The van der Waals surface area contributed by atoms with Crippen molar-refractivity contribution in [2.45, 2.75) is 13.0 Å². The Labute approximate surface area is 173 Å². The van der Waals surface area contributed by atoms with E-state index in [9.17, 15) is 14.9 Å². The molecule has 0 N–H and O–H groups in total. The highest BCUT2D eigenvalue weighted by Crippen LogP contribution is 2.70. The molecule has 2 aromatic carbocycles. The van der Waals surface area contributed by atoms with Crippen molar-refractivity contribution < 1.29 is 9.72 Å². The fourth-order valence-corrected chi connectivity index (χ4v) is 4.44. The molecule has 0 saturated heterocycles. The van der Waals surface area contributed by atoms with E-state index in [-0.39, 0.29) is 11.5 Å². The summed E-state index contributed by atoms with van der Waals surface area (Å²) in [4.78, 5) is 23.2. The molecule has 5 rings (SSSR count). The highest BCUT2D eigenvalue weighted by Gasteiger charge is 2.72. The number of allylic oxidation sites excluding steroid dienone is 6. The second kappa shape index (κ2) is 6.62. The number of nitro benzene ring substituents is 1. The largest absolute Gasteiger partial charge is 0.294 e. The monoisotopic (exact) mass is 397 g/mol. The number of rotatable bonds is 5. The van der Waals surface area contributed by atoms with Gasteiger partial charge in [-0.3, -0.25) is 19.9 Å². The molecule has 148 valence electrons. The maximum atomic E-state index is 12.6. The summed E-state index contributed by atoms with van der Waals surface area (Å²) in [6.45, 7) is 0.507. The molecule has 2 atom stereocenters. The number of non-ortho nitro benzene ring substituents is 1. The Hall–Kier alpha value is -3.80. The highest BCUT2D eigenvalue weighted by molar-refractivity contribution is 6.20. The first-order valence-corrected chi connectivity index (χ1v) is 9.79. The third-order valence-corrected chi connectivity index (χ3v) is 6.15. The van der Waals surface area contributed by atoms with Gasteiger partial charge in [-0.05, 0) is 36.3 Å². The van der Waals surface area contributed by atoms with Gasteiger partial charge in [0.15, 0.2) is 5.78 Å². The summed E-state index contributed by atoms with van der Waals surface area (Å²) in [5.74, 6) is 0.118. The van der Waals surface area contributed by atoms with Crippen LogP contribution in [-0.2, 0) is 11.3 Å². The van der Waals surface area contributed by atoms with Gasteiger partial charge in [-0.2, -0.15) is 5.10 Å². The summed E-state index contributed by atoms with van der Waals surface area (Å²) in [7, 11) is 0. The van der Waals surface area contributed by atoms with Crippen LogP contribution in [-0.4, -0.2) is 16.4 Å². The van der Waals surface area contributed by atoms with Crippen LogP contribution in [0.3, 0.4) is 0 Å². The van der Waals surface area contributed by atoms with Gasteiger partial charge in [0, 0.05) is 12.1 Å². The van der Waals surface area contributed by atoms with Gasteiger partial charge < -0.3 is 0 Å². The van der Waals surface area contributed by atoms with Crippen molar-refractivity contribution in [1.29, 1.82) is 0 Å². The van der Waals surface area contributed by atoms with Crippen LogP contribution in [0.25, 0.3) is 0 Å². The first-order chi connectivity index (χ1) is 14.5. The SMILES string of the molecule is O=C1C=C/C(=N\N(Cc2ccccc2)c2ccc([N+](=O)[O-])cc2)[C@@]23C=CC=CC12C3. The van der Waals surface area contributed by atoms with Gasteiger partial charge in [0.05, 0.1) is 33.7 Å². The molecule has 0 amide bonds. The zero-order valence-electron chi connectivity index (χ0n) is 16.1. The van der Waals surface area contributed by atoms with Gasteiger partial charge in [-0.1, -0.05) is 54.6 Å². The Morgan fingerprint density at radius 1 is 0.967 bits per heavy atom. The summed E-state index contributed by atoms with van der Waals surface area (Å²) in [5.41, 5.74) is 1.77. The molecule has 3 aliphatic rings. The fourth-order valence-electron chi connectivity index (χ4n) is 4.44. The van der Waals surface area contributed by atoms with E-state index >= 15 is 0 Å². The van der Waals surface area contributed by atoms with E-state index in [0.29, 0.717) is 6.54 Å². The van der Waals surface area contributed by atoms with Gasteiger partial charge in [0.2, 0.25) is 0 Å². The summed E-state index contributed by atoms with van der Waals surface area (Å²) >= 11 is 0. The van der Waals surface area contributed by atoms with E-state index in [2.05, 4.69) is 6.08 Å². The predicted octanol–water partition coefficient (Wildman–Crippen LogP) is 4.60. The van der Waals surface area contributed by atoms with Crippen LogP contribution in [0.15, 0.2) is 96.2 Å². The molecule has 0 spiro atoms. The van der Waals surface area contributed by atoms with Gasteiger partial charge in [0.1, 0.15) is 0 Å². The number of nitro groups is 1. The minimum atomic E-state index is -0.511. The number of carbonyl (C=O) groups is 1. The van der Waals surface area contributed by atoms with Crippen molar-refractivity contribution in [3.05, 3.63) is 107 Å². The average Bonchev–Trinajstić information content (AvgIpc) is 3.49. The lowest BCUT2D eigenvalue weighted by molar-refractivity contribution is -0.384. The van der Waals surface area contributed by atoms with E-state index in [4.69, 9.17) is 5.10 Å². The van der Waals surface area contributed by atoms with Gasteiger partial charge in [-0.25, -0.2) is 0 Å². The molecule has 6 nitrogen and oxygen atoms in total. The molecule has 0 aromatic heterocycles. The van der Waals surface area contributed by atoms with Gasteiger partial charge >= 0.3 is 0 Å².